The zero-order valence-corrected chi connectivity index (χ0v) is 16.5. The monoisotopic (exact) mass is 364 g/mol. The third-order valence-corrected chi connectivity index (χ3v) is 5.62. The summed E-state index contributed by atoms with van der Waals surface area (Å²) in [6.45, 7) is 7.04. The van der Waals surface area contributed by atoms with E-state index in [1.165, 1.54) is 24.0 Å². The van der Waals surface area contributed by atoms with Crippen LogP contribution in [0.1, 0.15) is 37.3 Å². The molecule has 3 heteroatoms. The first kappa shape index (κ1) is 19.6. The molecular formula is C24H32N2O. The number of carbonyl (C=O) groups excluding carboxylic acids is 1. The van der Waals surface area contributed by atoms with Crippen LogP contribution in [0.2, 0.25) is 0 Å². The van der Waals surface area contributed by atoms with Crippen molar-refractivity contribution in [3.63, 3.8) is 0 Å². The minimum Gasteiger partial charge on any atom is -0.338 e. The normalized spacial score (nSPS) is 15.6. The van der Waals surface area contributed by atoms with Gasteiger partial charge in [0.05, 0.1) is 0 Å². The molecule has 0 N–H and O–H groups in total. The predicted molar refractivity (Wildman–Crippen MR) is 111 cm³/mol. The van der Waals surface area contributed by atoms with E-state index in [9.17, 15) is 4.79 Å². The largest absolute Gasteiger partial charge is 0.338 e. The van der Waals surface area contributed by atoms with Gasteiger partial charge in [-0.3, -0.25) is 4.79 Å². The van der Waals surface area contributed by atoms with Crippen molar-refractivity contribution >= 4 is 5.91 Å². The molecule has 2 aromatic carbocycles. The first-order valence-corrected chi connectivity index (χ1v) is 10.3. The van der Waals surface area contributed by atoms with Gasteiger partial charge in [0.15, 0.2) is 0 Å². The highest BCUT2D eigenvalue weighted by atomic mass is 16.2. The molecule has 0 aliphatic carbocycles. The number of likely N-dealkylation sites (tertiary alicyclic amines) is 1. The molecule has 3 nitrogen and oxygen atoms in total. The van der Waals surface area contributed by atoms with Crippen LogP contribution in [-0.2, 0) is 17.8 Å². The molecule has 1 saturated heterocycles. The van der Waals surface area contributed by atoms with Gasteiger partial charge in [0, 0.05) is 26.1 Å². The number of nitrogens with zero attached hydrogens (tertiary/aromatic N) is 2. The molecule has 1 fully saturated rings. The summed E-state index contributed by atoms with van der Waals surface area (Å²) in [6, 6.07) is 21.1. The second-order valence-corrected chi connectivity index (χ2v) is 7.63. The molecule has 144 valence electrons. The lowest BCUT2D eigenvalue weighted by Crippen LogP contribution is -2.41. The molecule has 0 aromatic heterocycles. The Labute approximate surface area is 164 Å². The van der Waals surface area contributed by atoms with Crippen LogP contribution < -0.4 is 0 Å². The number of amides is 1. The molecule has 1 aliphatic heterocycles. The minimum atomic E-state index is 0.269. The quantitative estimate of drug-likeness (QED) is 0.694. The maximum Gasteiger partial charge on any atom is 0.222 e. The summed E-state index contributed by atoms with van der Waals surface area (Å²) in [4.78, 5) is 17.1. The van der Waals surface area contributed by atoms with Crippen LogP contribution in [0.5, 0.6) is 0 Å². The van der Waals surface area contributed by atoms with E-state index in [0.29, 0.717) is 12.3 Å². The van der Waals surface area contributed by atoms with E-state index in [2.05, 4.69) is 64.4 Å². The summed E-state index contributed by atoms with van der Waals surface area (Å²) in [7, 11) is 0. The van der Waals surface area contributed by atoms with Crippen LogP contribution in [0, 0.1) is 5.92 Å². The Morgan fingerprint density at radius 2 is 1.56 bits per heavy atom. The maximum atomic E-state index is 12.4. The molecule has 2 aromatic rings. The Balaban J connectivity index is 1.46. The van der Waals surface area contributed by atoms with E-state index in [1.54, 1.807) is 0 Å². The smallest absolute Gasteiger partial charge is 0.222 e. The third-order valence-electron chi connectivity index (χ3n) is 5.62. The Kier molecular flexibility index (Phi) is 7.46. The van der Waals surface area contributed by atoms with Crippen LogP contribution in [0.3, 0.4) is 0 Å². The second kappa shape index (κ2) is 10.3. The Bertz CT molecular complexity index is 678. The van der Waals surface area contributed by atoms with Crippen molar-refractivity contribution in [1.82, 2.24) is 9.80 Å². The Hall–Kier alpha value is -2.13. The lowest BCUT2D eigenvalue weighted by Gasteiger charge is -2.35. The van der Waals surface area contributed by atoms with E-state index in [-0.39, 0.29) is 5.91 Å². The van der Waals surface area contributed by atoms with Crippen LogP contribution in [0.4, 0.5) is 0 Å². The zero-order valence-electron chi connectivity index (χ0n) is 16.5. The Morgan fingerprint density at radius 1 is 0.963 bits per heavy atom. The number of carbonyl (C=O) groups is 1. The first-order chi connectivity index (χ1) is 13.2. The molecule has 3 rings (SSSR count). The van der Waals surface area contributed by atoms with Gasteiger partial charge in [-0.05, 0) is 49.4 Å². The van der Waals surface area contributed by atoms with Gasteiger partial charge in [-0.25, -0.2) is 0 Å². The highest BCUT2D eigenvalue weighted by Gasteiger charge is 2.23. The fourth-order valence-electron chi connectivity index (χ4n) is 3.92. The molecule has 0 unspecified atom stereocenters. The van der Waals surface area contributed by atoms with E-state index >= 15 is 0 Å². The van der Waals surface area contributed by atoms with Gasteiger partial charge in [-0.2, -0.15) is 0 Å². The summed E-state index contributed by atoms with van der Waals surface area (Å²) in [5, 5.41) is 0. The van der Waals surface area contributed by atoms with Crippen molar-refractivity contribution in [1.29, 1.82) is 0 Å². The minimum absolute atomic E-state index is 0.269. The zero-order chi connectivity index (χ0) is 18.9. The lowest BCUT2D eigenvalue weighted by molar-refractivity contribution is -0.132. The van der Waals surface area contributed by atoms with Crippen LogP contribution in [0.25, 0.3) is 0 Å². The van der Waals surface area contributed by atoms with Gasteiger partial charge in [-0.15, -0.1) is 0 Å². The lowest BCUT2D eigenvalue weighted by atomic mass is 9.95. The van der Waals surface area contributed by atoms with E-state index in [1.807, 2.05) is 13.0 Å². The van der Waals surface area contributed by atoms with Gasteiger partial charge in [0.2, 0.25) is 5.91 Å². The van der Waals surface area contributed by atoms with Crippen molar-refractivity contribution < 1.29 is 4.79 Å². The standard InChI is InChI=1S/C24H32N2O/c1-2-24(27)26(19-22-11-7-4-8-12-22)20-23-14-17-25(18-15-23)16-13-21-9-5-3-6-10-21/h3-12,23H,2,13-20H2,1H3. The molecule has 0 spiro atoms. The highest BCUT2D eigenvalue weighted by Crippen LogP contribution is 2.20. The fraction of sp³-hybridized carbons (Fsp3) is 0.458. The predicted octanol–water partition coefficient (Wildman–Crippen LogP) is 4.38. The van der Waals surface area contributed by atoms with Crippen molar-refractivity contribution in [3.05, 3.63) is 71.8 Å². The van der Waals surface area contributed by atoms with Crippen molar-refractivity contribution in [2.75, 3.05) is 26.2 Å². The van der Waals surface area contributed by atoms with Crippen molar-refractivity contribution in [2.24, 2.45) is 5.92 Å². The summed E-state index contributed by atoms with van der Waals surface area (Å²) < 4.78 is 0. The Morgan fingerprint density at radius 3 is 2.15 bits per heavy atom. The van der Waals surface area contributed by atoms with Gasteiger partial charge in [-0.1, -0.05) is 67.6 Å². The number of hydrogen-bond acceptors (Lipinski definition) is 2. The third kappa shape index (κ3) is 6.21. The molecule has 27 heavy (non-hydrogen) atoms. The average molecular weight is 365 g/mol. The average Bonchev–Trinajstić information content (AvgIpc) is 2.73. The van der Waals surface area contributed by atoms with Gasteiger partial charge < -0.3 is 9.80 Å². The summed E-state index contributed by atoms with van der Waals surface area (Å²) in [5.74, 6) is 0.891. The second-order valence-electron chi connectivity index (χ2n) is 7.63. The van der Waals surface area contributed by atoms with Gasteiger partial charge in [0.25, 0.3) is 0 Å². The first-order valence-electron chi connectivity index (χ1n) is 10.3. The molecule has 0 radical (unpaired) electrons. The van der Waals surface area contributed by atoms with E-state index in [0.717, 1.165) is 39.1 Å². The number of benzene rings is 2. The summed E-state index contributed by atoms with van der Waals surface area (Å²) in [5.41, 5.74) is 2.64. The fourth-order valence-corrected chi connectivity index (χ4v) is 3.92. The number of rotatable bonds is 8. The topological polar surface area (TPSA) is 23.6 Å². The van der Waals surface area contributed by atoms with E-state index < -0.39 is 0 Å². The maximum absolute atomic E-state index is 12.4. The highest BCUT2D eigenvalue weighted by molar-refractivity contribution is 5.75. The SMILES string of the molecule is CCC(=O)N(Cc1ccccc1)CC1CCN(CCc2ccccc2)CC1. The van der Waals surface area contributed by atoms with Crippen molar-refractivity contribution in [2.45, 2.75) is 39.2 Å². The molecule has 1 amide bonds. The molecule has 1 aliphatic rings. The van der Waals surface area contributed by atoms with Crippen LogP contribution in [0.15, 0.2) is 60.7 Å². The molecule has 0 atom stereocenters. The molecular weight excluding hydrogens is 332 g/mol. The van der Waals surface area contributed by atoms with Gasteiger partial charge in [0.1, 0.15) is 0 Å². The van der Waals surface area contributed by atoms with E-state index in [4.69, 9.17) is 0 Å². The van der Waals surface area contributed by atoms with Crippen molar-refractivity contribution in [3.8, 4) is 0 Å². The number of hydrogen-bond donors (Lipinski definition) is 0. The number of piperidine rings is 1. The molecule has 0 bridgehead atoms. The molecule has 0 saturated carbocycles. The summed E-state index contributed by atoms with van der Waals surface area (Å²) >= 11 is 0. The van der Waals surface area contributed by atoms with Gasteiger partial charge >= 0.3 is 0 Å². The summed E-state index contributed by atoms with van der Waals surface area (Å²) in [6.07, 6.45) is 4.09. The van der Waals surface area contributed by atoms with Crippen LogP contribution >= 0.6 is 0 Å². The van der Waals surface area contributed by atoms with Crippen LogP contribution in [-0.4, -0.2) is 41.9 Å². The molecule has 1 heterocycles.